The number of carbonyl (C=O) groups is 1. The molecule has 0 atom stereocenters. The van der Waals surface area contributed by atoms with E-state index in [1.54, 1.807) is 43.3 Å². The van der Waals surface area contributed by atoms with E-state index in [0.717, 1.165) is 10.1 Å². The Bertz CT molecular complexity index is 979. The lowest BCUT2D eigenvalue weighted by Gasteiger charge is -2.11. The average Bonchev–Trinajstić information content (AvgIpc) is 2.61. The number of hydrogen-bond acceptors (Lipinski definition) is 5. The van der Waals surface area contributed by atoms with Crippen LogP contribution in [0.3, 0.4) is 0 Å². The molecule has 0 radical (unpaired) electrons. The lowest BCUT2D eigenvalue weighted by molar-refractivity contribution is -0.135. The quantitative estimate of drug-likeness (QED) is 0.528. The van der Waals surface area contributed by atoms with Crippen molar-refractivity contribution in [2.75, 3.05) is 6.61 Å². The molecule has 6 nitrogen and oxygen atoms in total. The zero-order valence-electron chi connectivity index (χ0n) is 14.1. The minimum Gasteiger partial charge on any atom is -0.490 e. The van der Waals surface area contributed by atoms with Crippen LogP contribution in [0.1, 0.15) is 12.6 Å². The van der Waals surface area contributed by atoms with Gasteiger partial charge in [-0.25, -0.2) is 9.48 Å². The van der Waals surface area contributed by atoms with Crippen LogP contribution in [0.25, 0.3) is 10.8 Å². The molecule has 0 N–H and O–H groups in total. The fourth-order valence-corrected chi connectivity index (χ4v) is 2.60. The van der Waals surface area contributed by atoms with Crippen molar-refractivity contribution in [3.05, 3.63) is 64.6 Å². The van der Waals surface area contributed by atoms with E-state index in [9.17, 15) is 9.59 Å². The van der Waals surface area contributed by atoms with Gasteiger partial charge in [-0.05, 0) is 32.0 Å². The number of fused-ring (bicyclic) bond motifs is 1. The Labute approximate surface area is 144 Å². The molecule has 0 aliphatic carbocycles. The molecule has 0 saturated carbocycles. The van der Waals surface area contributed by atoms with Crippen molar-refractivity contribution in [1.29, 1.82) is 0 Å². The summed E-state index contributed by atoms with van der Waals surface area (Å²) in [4.78, 5) is 24.8. The van der Waals surface area contributed by atoms with E-state index < -0.39 is 5.97 Å². The molecule has 0 bridgehead atoms. The summed E-state index contributed by atoms with van der Waals surface area (Å²) in [6.07, 6.45) is 0. The monoisotopic (exact) mass is 338 g/mol. The first-order valence-corrected chi connectivity index (χ1v) is 7.99. The molecule has 0 saturated heterocycles. The predicted molar refractivity (Wildman–Crippen MR) is 94.0 cm³/mol. The normalized spacial score (nSPS) is 10.6. The molecule has 6 heteroatoms. The van der Waals surface area contributed by atoms with Gasteiger partial charge in [-0.1, -0.05) is 30.3 Å². The van der Waals surface area contributed by atoms with Gasteiger partial charge in [-0.2, -0.15) is 5.10 Å². The van der Waals surface area contributed by atoms with Crippen LogP contribution in [0.5, 0.6) is 11.5 Å². The highest BCUT2D eigenvalue weighted by Crippen LogP contribution is 2.26. The van der Waals surface area contributed by atoms with Crippen LogP contribution in [-0.4, -0.2) is 22.4 Å². The fraction of sp³-hybridized carbons (Fsp3) is 0.211. The van der Waals surface area contributed by atoms with Gasteiger partial charge in [0.15, 0.2) is 11.5 Å². The molecule has 0 spiro atoms. The summed E-state index contributed by atoms with van der Waals surface area (Å²) in [5.74, 6) is 0.213. The summed E-state index contributed by atoms with van der Waals surface area (Å²) >= 11 is 0. The van der Waals surface area contributed by atoms with Crippen molar-refractivity contribution in [2.24, 2.45) is 0 Å². The predicted octanol–water partition coefficient (Wildman–Crippen LogP) is 2.71. The Balaban J connectivity index is 1.86. The second kappa shape index (κ2) is 7.17. The summed E-state index contributed by atoms with van der Waals surface area (Å²) in [7, 11) is 0. The Kier molecular flexibility index (Phi) is 4.79. The smallest absolute Gasteiger partial charge is 0.333 e. The van der Waals surface area contributed by atoms with Gasteiger partial charge in [-0.15, -0.1) is 0 Å². The molecular weight excluding hydrogens is 320 g/mol. The highest BCUT2D eigenvalue weighted by molar-refractivity contribution is 5.83. The first kappa shape index (κ1) is 16.7. The molecule has 128 valence electrons. The molecule has 0 aliphatic rings. The number of hydrogen-bond donors (Lipinski definition) is 0. The van der Waals surface area contributed by atoms with Crippen LogP contribution in [-0.2, 0) is 11.3 Å². The number of ether oxygens (including phenoxy) is 2. The van der Waals surface area contributed by atoms with E-state index >= 15 is 0 Å². The lowest BCUT2D eigenvalue weighted by Crippen LogP contribution is -2.29. The Morgan fingerprint density at radius 2 is 1.68 bits per heavy atom. The summed E-state index contributed by atoms with van der Waals surface area (Å²) in [5, 5.41) is 5.52. The number of nitrogens with zero attached hydrogens (tertiary/aromatic N) is 2. The van der Waals surface area contributed by atoms with Gasteiger partial charge in [0.05, 0.1) is 17.7 Å². The van der Waals surface area contributed by atoms with Crippen LogP contribution < -0.4 is 15.0 Å². The van der Waals surface area contributed by atoms with E-state index in [2.05, 4.69) is 5.10 Å². The van der Waals surface area contributed by atoms with Gasteiger partial charge in [0, 0.05) is 5.39 Å². The zero-order valence-corrected chi connectivity index (χ0v) is 14.1. The first-order valence-electron chi connectivity index (χ1n) is 7.99. The Morgan fingerprint density at radius 3 is 2.40 bits per heavy atom. The molecule has 25 heavy (non-hydrogen) atoms. The summed E-state index contributed by atoms with van der Waals surface area (Å²) < 4.78 is 11.9. The molecule has 3 rings (SSSR count). The van der Waals surface area contributed by atoms with E-state index in [1.165, 1.54) is 0 Å². The SMILES string of the molecule is CCOc1ccccc1OC(=O)Cn1nc(C)c2ccccc2c1=O. The second-order valence-corrected chi connectivity index (χ2v) is 5.45. The van der Waals surface area contributed by atoms with Gasteiger partial charge in [-0.3, -0.25) is 4.79 Å². The van der Waals surface area contributed by atoms with E-state index in [4.69, 9.17) is 9.47 Å². The second-order valence-electron chi connectivity index (χ2n) is 5.45. The number of carbonyl (C=O) groups excluding carboxylic acids is 1. The highest BCUT2D eigenvalue weighted by atomic mass is 16.6. The maximum absolute atomic E-state index is 12.5. The molecule has 1 heterocycles. The first-order chi connectivity index (χ1) is 12.1. The molecule has 0 aliphatic heterocycles. The van der Waals surface area contributed by atoms with Crippen LogP contribution in [0, 0.1) is 6.92 Å². The summed E-state index contributed by atoms with van der Waals surface area (Å²) in [6.45, 7) is 3.83. The molecule has 0 fully saturated rings. The Morgan fingerprint density at radius 1 is 1.04 bits per heavy atom. The molecule has 0 unspecified atom stereocenters. The van der Waals surface area contributed by atoms with E-state index in [1.807, 2.05) is 19.1 Å². The summed E-state index contributed by atoms with van der Waals surface area (Å²) in [6, 6.07) is 14.1. The number of benzene rings is 2. The third kappa shape index (κ3) is 3.52. The van der Waals surface area contributed by atoms with E-state index in [-0.39, 0.29) is 12.1 Å². The van der Waals surface area contributed by atoms with Crippen molar-refractivity contribution in [3.8, 4) is 11.5 Å². The van der Waals surface area contributed by atoms with Gasteiger partial charge < -0.3 is 9.47 Å². The molecular formula is C19H18N2O4. The molecule has 1 aromatic heterocycles. The topological polar surface area (TPSA) is 70.4 Å². The molecule has 3 aromatic rings. The molecule has 2 aromatic carbocycles. The van der Waals surface area contributed by atoms with Crippen LogP contribution in [0.4, 0.5) is 0 Å². The highest BCUT2D eigenvalue weighted by Gasteiger charge is 2.14. The van der Waals surface area contributed by atoms with Crippen molar-refractivity contribution >= 4 is 16.7 Å². The van der Waals surface area contributed by atoms with Gasteiger partial charge >= 0.3 is 5.97 Å². The maximum atomic E-state index is 12.5. The average molecular weight is 338 g/mol. The van der Waals surface area contributed by atoms with Gasteiger partial charge in [0.1, 0.15) is 6.54 Å². The van der Waals surface area contributed by atoms with E-state index in [0.29, 0.717) is 29.2 Å². The van der Waals surface area contributed by atoms with Crippen LogP contribution in [0.2, 0.25) is 0 Å². The van der Waals surface area contributed by atoms with Gasteiger partial charge in [0.2, 0.25) is 0 Å². The Hall–Kier alpha value is -3.15. The van der Waals surface area contributed by atoms with Gasteiger partial charge in [0.25, 0.3) is 5.56 Å². The fourth-order valence-electron chi connectivity index (χ4n) is 2.60. The standard InChI is InChI=1S/C19H18N2O4/c1-3-24-16-10-6-7-11-17(16)25-18(22)12-21-19(23)15-9-5-4-8-14(15)13(2)20-21/h4-11H,3,12H2,1-2H3. The maximum Gasteiger partial charge on any atom is 0.333 e. The number of rotatable bonds is 5. The minimum absolute atomic E-state index is 0.273. The largest absolute Gasteiger partial charge is 0.490 e. The van der Waals surface area contributed by atoms with Crippen LogP contribution >= 0.6 is 0 Å². The van der Waals surface area contributed by atoms with Crippen molar-refractivity contribution < 1.29 is 14.3 Å². The number of esters is 1. The third-order valence-electron chi connectivity index (χ3n) is 3.70. The third-order valence-corrected chi connectivity index (χ3v) is 3.70. The number of aryl methyl sites for hydroxylation is 1. The lowest BCUT2D eigenvalue weighted by atomic mass is 10.1. The molecule has 0 amide bonds. The number of para-hydroxylation sites is 2. The zero-order chi connectivity index (χ0) is 17.8. The van der Waals surface area contributed by atoms with Crippen molar-refractivity contribution in [1.82, 2.24) is 9.78 Å². The van der Waals surface area contributed by atoms with Crippen LogP contribution in [0.15, 0.2) is 53.3 Å². The minimum atomic E-state index is -0.587. The summed E-state index contributed by atoms with van der Waals surface area (Å²) in [5.41, 5.74) is 0.356. The van der Waals surface area contributed by atoms with Crippen molar-refractivity contribution in [3.63, 3.8) is 0 Å². The number of aromatic nitrogens is 2. The van der Waals surface area contributed by atoms with Crippen molar-refractivity contribution in [2.45, 2.75) is 20.4 Å².